The predicted octanol–water partition coefficient (Wildman–Crippen LogP) is 7.94. The number of nitrogens with zero attached hydrogens (tertiary/aromatic N) is 4. The van der Waals surface area contributed by atoms with Crippen LogP contribution >= 0.6 is 0 Å². The van der Waals surface area contributed by atoms with Crippen LogP contribution in [0.3, 0.4) is 0 Å². The lowest BCUT2D eigenvalue weighted by Crippen LogP contribution is -2.42. The highest BCUT2D eigenvalue weighted by molar-refractivity contribution is 5.88. The van der Waals surface area contributed by atoms with Gasteiger partial charge in [0.25, 0.3) is 11.8 Å². The fourth-order valence-electron chi connectivity index (χ4n) is 9.44. The van der Waals surface area contributed by atoms with E-state index >= 15 is 0 Å². The number of hydrogen-bond donors (Lipinski definition) is 4. The van der Waals surface area contributed by atoms with Gasteiger partial charge in [0.2, 0.25) is 0 Å². The number of benzene rings is 3. The summed E-state index contributed by atoms with van der Waals surface area (Å²) in [6, 6.07) is 25.0. The number of hydrogen-bond acceptors (Lipinski definition) is 8. The van der Waals surface area contributed by atoms with Crippen LogP contribution in [-0.4, -0.2) is 81.0 Å². The summed E-state index contributed by atoms with van der Waals surface area (Å²) in [5.74, 6) is 1.55. The van der Waals surface area contributed by atoms with Crippen molar-refractivity contribution in [3.05, 3.63) is 131 Å². The first-order valence-electron chi connectivity index (χ1n) is 21.3. The van der Waals surface area contributed by atoms with Crippen LogP contribution in [0.2, 0.25) is 0 Å². The molecule has 3 fully saturated rings. The average Bonchev–Trinajstić information content (AvgIpc) is 4.15. The van der Waals surface area contributed by atoms with Gasteiger partial charge in [-0.2, -0.15) is 0 Å². The molecule has 4 atom stereocenters. The Hall–Kier alpha value is -6.44. The Morgan fingerprint density at radius 2 is 1.16 bits per heavy atom. The molecule has 3 aliphatic rings. The number of ether oxygens (including phenoxy) is 2. The summed E-state index contributed by atoms with van der Waals surface area (Å²) in [6.07, 6.45) is 9.75. The van der Waals surface area contributed by atoms with Gasteiger partial charge in [0, 0.05) is 30.4 Å². The van der Waals surface area contributed by atoms with Crippen LogP contribution in [0.4, 0.5) is 9.59 Å². The van der Waals surface area contributed by atoms with Crippen molar-refractivity contribution in [2.24, 2.45) is 0 Å². The third kappa shape index (κ3) is 8.75. The van der Waals surface area contributed by atoms with Crippen molar-refractivity contribution in [3.8, 4) is 11.3 Å². The second kappa shape index (κ2) is 18.0. The van der Waals surface area contributed by atoms with Crippen LogP contribution in [-0.2, 0) is 24.5 Å². The van der Waals surface area contributed by atoms with Crippen molar-refractivity contribution in [2.75, 3.05) is 27.3 Å². The number of aromatic nitrogens is 4. The second-order valence-corrected chi connectivity index (χ2v) is 16.7. The number of carbonyl (C=O) groups excluding carboxylic acids is 4. The third-order valence-electron chi connectivity index (χ3n) is 13.0. The number of amides is 4. The molecule has 2 aromatic heterocycles. The van der Waals surface area contributed by atoms with Crippen LogP contribution in [0.15, 0.2) is 97.3 Å². The Morgan fingerprint density at radius 1 is 0.672 bits per heavy atom. The molecule has 5 aromatic rings. The zero-order chi connectivity index (χ0) is 42.5. The number of imidazole rings is 2. The lowest BCUT2D eigenvalue weighted by Gasteiger charge is -2.37. The maximum Gasteiger partial charge on any atom is 0.407 e. The van der Waals surface area contributed by atoms with Gasteiger partial charge < -0.3 is 39.9 Å². The van der Waals surface area contributed by atoms with E-state index in [4.69, 9.17) is 19.4 Å². The zero-order valence-electron chi connectivity index (χ0n) is 34.9. The van der Waals surface area contributed by atoms with Gasteiger partial charge in [-0.15, -0.1) is 0 Å². The maximum absolute atomic E-state index is 14.0. The Kier molecular flexibility index (Phi) is 12.2. The van der Waals surface area contributed by atoms with Crippen molar-refractivity contribution in [3.63, 3.8) is 0 Å². The molecule has 0 radical (unpaired) electrons. The first-order valence-corrected chi connectivity index (χ1v) is 21.3. The van der Waals surface area contributed by atoms with Crippen LogP contribution in [0.1, 0.15) is 122 Å². The van der Waals surface area contributed by atoms with Gasteiger partial charge >= 0.3 is 12.2 Å². The first kappa shape index (κ1) is 41.3. The van der Waals surface area contributed by atoms with Crippen LogP contribution < -0.4 is 10.6 Å². The minimum atomic E-state index is -0.871. The topological polar surface area (TPSA) is 175 Å². The minimum Gasteiger partial charge on any atom is -0.453 e. The van der Waals surface area contributed by atoms with E-state index in [1.54, 1.807) is 4.90 Å². The van der Waals surface area contributed by atoms with Gasteiger partial charge in [0.1, 0.15) is 23.7 Å². The number of rotatable bonds is 11. The van der Waals surface area contributed by atoms with Crippen LogP contribution in [0.5, 0.6) is 0 Å². The number of nitrogens with one attached hydrogen (secondary N) is 4. The molecule has 61 heavy (non-hydrogen) atoms. The van der Waals surface area contributed by atoms with Crippen molar-refractivity contribution >= 4 is 24.0 Å². The molecule has 4 heterocycles. The molecule has 1 aliphatic carbocycles. The van der Waals surface area contributed by atoms with Gasteiger partial charge in [-0.3, -0.25) is 9.59 Å². The smallest absolute Gasteiger partial charge is 0.407 e. The van der Waals surface area contributed by atoms with Gasteiger partial charge in [0.15, 0.2) is 0 Å². The molecule has 14 heteroatoms. The fourth-order valence-corrected chi connectivity index (χ4v) is 9.44. The summed E-state index contributed by atoms with van der Waals surface area (Å²) in [5.41, 5.74) is 5.62. The van der Waals surface area contributed by atoms with Gasteiger partial charge in [-0.25, -0.2) is 19.6 Å². The summed E-state index contributed by atoms with van der Waals surface area (Å²) < 4.78 is 9.70. The van der Waals surface area contributed by atoms with Crippen LogP contribution in [0.25, 0.3) is 11.3 Å². The van der Waals surface area contributed by atoms with E-state index in [2.05, 4.69) is 51.8 Å². The van der Waals surface area contributed by atoms with E-state index in [1.165, 1.54) is 19.8 Å². The molecular weight excluding hydrogens is 773 g/mol. The molecule has 4 N–H and O–H groups in total. The van der Waals surface area contributed by atoms with E-state index in [0.29, 0.717) is 30.1 Å². The first-order chi connectivity index (χ1) is 29.7. The number of H-pyrrole nitrogens is 2. The van der Waals surface area contributed by atoms with Crippen molar-refractivity contribution < 1.29 is 28.7 Å². The van der Waals surface area contributed by atoms with E-state index in [9.17, 15) is 19.2 Å². The highest BCUT2D eigenvalue weighted by Gasteiger charge is 2.40. The second-order valence-electron chi connectivity index (χ2n) is 16.7. The molecule has 14 nitrogen and oxygen atoms in total. The molecule has 1 saturated carbocycles. The predicted molar refractivity (Wildman–Crippen MR) is 228 cm³/mol. The molecule has 0 unspecified atom stereocenters. The molecule has 3 aromatic carbocycles. The lowest BCUT2D eigenvalue weighted by molar-refractivity contribution is -0.135. The molecular formula is C47H54N8O6. The minimum absolute atomic E-state index is 0.0769. The lowest BCUT2D eigenvalue weighted by atomic mass is 9.68. The maximum atomic E-state index is 14.0. The van der Waals surface area contributed by atoms with Gasteiger partial charge in [-0.05, 0) is 79.5 Å². The average molecular weight is 827 g/mol. The fraction of sp³-hybridized carbons (Fsp3) is 0.404. The number of likely N-dealkylation sites (tertiary alicyclic amines) is 2. The largest absolute Gasteiger partial charge is 0.453 e. The molecule has 0 bridgehead atoms. The third-order valence-corrected chi connectivity index (χ3v) is 13.0. The Bertz CT molecular complexity index is 2300. The molecule has 2 aliphatic heterocycles. The number of carbonyl (C=O) groups is 4. The standard InChI is InChI=1S/C47H54N8O6/c1-47(38-29-49-42(51-38)37-17-11-27-55(37)44(57)40(53-46(59)61-3)34-14-8-5-9-15-34)24-22-31(23-25-47)30-18-20-32(21-19-30)35-28-48-41(50-35)36-16-10-26-54(36)43(56)39(52-45(58)60-2)33-12-6-4-7-13-33/h4-9,12-15,18-21,28-29,31,36-37,39-40H,10-11,16-17,22-27H2,1-3H3,(H,48,50)(H,49,51)(H,52,58)(H,53,59)/t31?,36-,37-,39+,40+,47?/m0/s1. The summed E-state index contributed by atoms with van der Waals surface area (Å²) >= 11 is 0. The van der Waals surface area contributed by atoms with E-state index in [1.807, 2.05) is 78.0 Å². The van der Waals surface area contributed by atoms with Crippen molar-refractivity contribution in [1.29, 1.82) is 0 Å². The molecule has 8 rings (SSSR count). The summed E-state index contributed by atoms with van der Waals surface area (Å²) in [6.45, 7) is 3.45. The van der Waals surface area contributed by atoms with Crippen molar-refractivity contribution in [1.82, 2.24) is 40.4 Å². The van der Waals surface area contributed by atoms with E-state index < -0.39 is 24.3 Å². The number of aromatic amines is 2. The Balaban J connectivity index is 0.894. The van der Waals surface area contributed by atoms with Gasteiger partial charge in [-0.1, -0.05) is 91.9 Å². The van der Waals surface area contributed by atoms with E-state index in [0.717, 1.165) is 80.0 Å². The molecule has 0 spiro atoms. The summed E-state index contributed by atoms with van der Waals surface area (Å²) in [4.78, 5) is 72.8. The van der Waals surface area contributed by atoms with Gasteiger partial charge in [0.05, 0.1) is 38.2 Å². The highest BCUT2D eigenvalue weighted by Crippen LogP contribution is 2.45. The zero-order valence-corrected chi connectivity index (χ0v) is 34.9. The molecule has 2 saturated heterocycles. The van der Waals surface area contributed by atoms with E-state index in [-0.39, 0.29) is 29.3 Å². The highest BCUT2D eigenvalue weighted by atomic mass is 16.5. The van der Waals surface area contributed by atoms with Crippen LogP contribution in [0, 0.1) is 0 Å². The Morgan fingerprint density at radius 3 is 1.67 bits per heavy atom. The summed E-state index contributed by atoms with van der Waals surface area (Å²) in [7, 11) is 2.58. The number of alkyl carbamates (subject to hydrolysis) is 2. The summed E-state index contributed by atoms with van der Waals surface area (Å²) in [5, 5.41) is 5.47. The quantitative estimate of drug-likeness (QED) is 0.104. The monoisotopic (exact) mass is 826 g/mol. The molecule has 318 valence electrons. The normalized spacial score (nSPS) is 22.3. The SMILES string of the molecule is COC(=O)N[C@@H](C(=O)N1CCC[C@H]1c1ncc(-c2ccc(C3CCC(C)(c4cnc([C@@H]5CCCN5C(=O)[C@H](NC(=O)OC)c5ccccc5)[nH]4)CC3)cc2)[nH]1)c1ccccc1. The number of methoxy groups -OCH3 is 2. The Labute approximate surface area is 355 Å². The van der Waals surface area contributed by atoms with Crippen molar-refractivity contribution in [2.45, 2.75) is 93.8 Å². The molecule has 4 amide bonds.